The van der Waals surface area contributed by atoms with Crippen molar-refractivity contribution in [1.29, 1.82) is 0 Å². The highest BCUT2D eigenvalue weighted by atomic mass is 16.2. The standard InChI is InChI=1S/C17H25N3O2/c1-3-9-19-16(21)13-6-4-7-14(11-13)17(22)20-10-5-8-15(12-20)18-2/h4,6-7,11,15,18H,3,5,8-10,12H2,1-2H3,(H,19,21). The van der Waals surface area contributed by atoms with Gasteiger partial charge in [-0.25, -0.2) is 0 Å². The molecular formula is C17H25N3O2. The van der Waals surface area contributed by atoms with Crippen molar-refractivity contribution in [2.45, 2.75) is 32.2 Å². The van der Waals surface area contributed by atoms with Gasteiger partial charge in [0.1, 0.15) is 0 Å². The molecule has 0 spiro atoms. The summed E-state index contributed by atoms with van der Waals surface area (Å²) in [5.74, 6) is -0.117. The number of nitrogens with zero attached hydrogens (tertiary/aromatic N) is 1. The van der Waals surface area contributed by atoms with E-state index >= 15 is 0 Å². The van der Waals surface area contributed by atoms with Crippen molar-refractivity contribution >= 4 is 11.8 Å². The molecule has 1 aromatic rings. The zero-order valence-corrected chi connectivity index (χ0v) is 13.4. The molecule has 5 nitrogen and oxygen atoms in total. The Balaban J connectivity index is 2.08. The van der Waals surface area contributed by atoms with Crippen molar-refractivity contribution in [3.63, 3.8) is 0 Å². The maximum Gasteiger partial charge on any atom is 0.253 e. The number of benzene rings is 1. The van der Waals surface area contributed by atoms with Crippen molar-refractivity contribution in [1.82, 2.24) is 15.5 Å². The quantitative estimate of drug-likeness (QED) is 0.869. The first-order chi connectivity index (χ1) is 10.7. The Morgan fingerprint density at radius 1 is 1.32 bits per heavy atom. The molecule has 1 heterocycles. The maximum atomic E-state index is 12.6. The highest BCUT2D eigenvalue weighted by Crippen LogP contribution is 2.15. The summed E-state index contributed by atoms with van der Waals surface area (Å²) in [5, 5.41) is 6.07. The van der Waals surface area contributed by atoms with Gasteiger partial charge in [-0.1, -0.05) is 13.0 Å². The molecule has 1 aliphatic heterocycles. The first kappa shape index (κ1) is 16.5. The van der Waals surface area contributed by atoms with Gasteiger partial charge >= 0.3 is 0 Å². The summed E-state index contributed by atoms with van der Waals surface area (Å²) in [6.45, 7) is 4.16. The largest absolute Gasteiger partial charge is 0.352 e. The predicted molar refractivity (Wildman–Crippen MR) is 87.1 cm³/mol. The van der Waals surface area contributed by atoms with E-state index in [2.05, 4.69) is 10.6 Å². The van der Waals surface area contributed by atoms with E-state index in [-0.39, 0.29) is 11.8 Å². The van der Waals surface area contributed by atoms with Crippen LogP contribution in [0.3, 0.4) is 0 Å². The Kier molecular flexibility index (Phi) is 5.95. The Bertz CT molecular complexity index is 530. The van der Waals surface area contributed by atoms with Crippen molar-refractivity contribution < 1.29 is 9.59 Å². The third-order valence-electron chi connectivity index (χ3n) is 4.02. The zero-order valence-electron chi connectivity index (χ0n) is 13.4. The zero-order chi connectivity index (χ0) is 15.9. The van der Waals surface area contributed by atoms with Gasteiger partial charge in [-0.2, -0.15) is 0 Å². The summed E-state index contributed by atoms with van der Waals surface area (Å²) in [7, 11) is 1.93. The molecule has 1 aromatic carbocycles. The molecule has 120 valence electrons. The molecular weight excluding hydrogens is 278 g/mol. The summed E-state index contributed by atoms with van der Waals surface area (Å²) in [6, 6.07) is 7.34. The highest BCUT2D eigenvalue weighted by molar-refractivity contribution is 5.99. The number of likely N-dealkylation sites (tertiary alicyclic amines) is 1. The van der Waals surface area contributed by atoms with Crippen LogP contribution in [0.5, 0.6) is 0 Å². The maximum absolute atomic E-state index is 12.6. The van der Waals surface area contributed by atoms with Crippen molar-refractivity contribution in [2.24, 2.45) is 0 Å². The molecule has 2 amide bonds. The molecule has 1 saturated heterocycles. The lowest BCUT2D eigenvalue weighted by Crippen LogP contribution is -2.47. The topological polar surface area (TPSA) is 61.4 Å². The number of likely N-dealkylation sites (N-methyl/N-ethyl adjacent to an activating group) is 1. The molecule has 0 aromatic heterocycles. The van der Waals surface area contributed by atoms with Crippen molar-refractivity contribution in [3.05, 3.63) is 35.4 Å². The Hall–Kier alpha value is -1.88. The second-order valence-electron chi connectivity index (χ2n) is 5.72. The Morgan fingerprint density at radius 3 is 2.82 bits per heavy atom. The van der Waals surface area contributed by atoms with Crippen LogP contribution in [0.15, 0.2) is 24.3 Å². The van der Waals surface area contributed by atoms with E-state index in [0.717, 1.165) is 32.4 Å². The van der Waals surface area contributed by atoms with Gasteiger partial charge in [0.15, 0.2) is 0 Å². The van der Waals surface area contributed by atoms with Gasteiger partial charge in [-0.05, 0) is 44.5 Å². The third-order valence-corrected chi connectivity index (χ3v) is 4.02. The van der Waals surface area contributed by atoms with Crippen LogP contribution in [0.2, 0.25) is 0 Å². The minimum Gasteiger partial charge on any atom is -0.352 e. The number of carbonyl (C=O) groups excluding carboxylic acids is 2. The van der Waals surface area contributed by atoms with E-state index in [1.807, 2.05) is 18.9 Å². The molecule has 2 rings (SSSR count). The lowest BCUT2D eigenvalue weighted by atomic mass is 10.0. The normalized spacial score (nSPS) is 18.1. The second kappa shape index (κ2) is 7.94. The Labute approximate surface area is 132 Å². The molecule has 0 radical (unpaired) electrons. The van der Waals surface area contributed by atoms with Gasteiger partial charge in [0.25, 0.3) is 11.8 Å². The summed E-state index contributed by atoms with van der Waals surface area (Å²) in [6.07, 6.45) is 3.00. The smallest absolute Gasteiger partial charge is 0.253 e. The number of carbonyl (C=O) groups is 2. The molecule has 1 aliphatic rings. The first-order valence-electron chi connectivity index (χ1n) is 8.00. The van der Waals surface area contributed by atoms with E-state index in [9.17, 15) is 9.59 Å². The molecule has 22 heavy (non-hydrogen) atoms. The molecule has 1 unspecified atom stereocenters. The number of amides is 2. The lowest BCUT2D eigenvalue weighted by Gasteiger charge is -2.32. The average molecular weight is 303 g/mol. The van der Waals surface area contributed by atoms with E-state index in [0.29, 0.717) is 23.7 Å². The molecule has 2 N–H and O–H groups in total. The SMILES string of the molecule is CCCNC(=O)c1cccc(C(=O)N2CCCC(NC)C2)c1. The molecule has 1 atom stereocenters. The van der Waals surface area contributed by atoms with Gasteiger partial charge in [-0.3, -0.25) is 9.59 Å². The van der Waals surface area contributed by atoms with Crippen LogP contribution in [0, 0.1) is 0 Å². The third kappa shape index (κ3) is 4.07. The van der Waals surface area contributed by atoms with Gasteiger partial charge in [0.2, 0.25) is 0 Å². The summed E-state index contributed by atoms with van der Waals surface area (Å²) in [4.78, 5) is 26.5. The van der Waals surface area contributed by atoms with Gasteiger partial charge in [0, 0.05) is 36.8 Å². The molecule has 0 aliphatic carbocycles. The molecule has 0 saturated carbocycles. The molecule has 0 bridgehead atoms. The van der Waals surface area contributed by atoms with Crippen LogP contribution in [-0.4, -0.2) is 49.4 Å². The summed E-state index contributed by atoms with van der Waals surface area (Å²) >= 11 is 0. The van der Waals surface area contributed by atoms with E-state index in [1.165, 1.54) is 0 Å². The fourth-order valence-corrected chi connectivity index (χ4v) is 2.71. The van der Waals surface area contributed by atoms with Crippen molar-refractivity contribution in [2.75, 3.05) is 26.7 Å². The van der Waals surface area contributed by atoms with Crippen LogP contribution in [-0.2, 0) is 0 Å². The van der Waals surface area contributed by atoms with Crippen LogP contribution in [0.4, 0.5) is 0 Å². The van der Waals surface area contributed by atoms with Crippen molar-refractivity contribution in [3.8, 4) is 0 Å². The predicted octanol–water partition coefficient (Wildman–Crippen LogP) is 1.65. The van der Waals surface area contributed by atoms with Gasteiger partial charge in [-0.15, -0.1) is 0 Å². The lowest BCUT2D eigenvalue weighted by molar-refractivity contribution is 0.0698. The minimum absolute atomic E-state index is 0.00471. The van der Waals surface area contributed by atoms with Gasteiger partial charge in [0.05, 0.1) is 0 Å². The minimum atomic E-state index is -0.122. The van der Waals surface area contributed by atoms with E-state index in [4.69, 9.17) is 0 Å². The van der Waals surface area contributed by atoms with E-state index in [1.54, 1.807) is 24.3 Å². The monoisotopic (exact) mass is 303 g/mol. The Morgan fingerprint density at radius 2 is 2.09 bits per heavy atom. The highest BCUT2D eigenvalue weighted by Gasteiger charge is 2.23. The molecule has 1 fully saturated rings. The van der Waals surface area contributed by atoms with Crippen LogP contribution in [0.25, 0.3) is 0 Å². The van der Waals surface area contributed by atoms with Crippen LogP contribution in [0.1, 0.15) is 46.9 Å². The fourth-order valence-electron chi connectivity index (χ4n) is 2.71. The fraction of sp³-hybridized carbons (Fsp3) is 0.529. The number of hydrogen-bond acceptors (Lipinski definition) is 3. The second-order valence-corrected chi connectivity index (χ2v) is 5.72. The van der Waals surface area contributed by atoms with Gasteiger partial charge < -0.3 is 15.5 Å². The van der Waals surface area contributed by atoms with Crippen LogP contribution < -0.4 is 10.6 Å². The number of rotatable bonds is 5. The number of piperidine rings is 1. The van der Waals surface area contributed by atoms with E-state index < -0.39 is 0 Å². The number of nitrogens with one attached hydrogen (secondary N) is 2. The van der Waals surface area contributed by atoms with Crippen LogP contribution >= 0.6 is 0 Å². The number of hydrogen-bond donors (Lipinski definition) is 2. The average Bonchev–Trinajstić information content (AvgIpc) is 2.59. The summed E-state index contributed by atoms with van der Waals surface area (Å²) < 4.78 is 0. The molecule has 5 heteroatoms. The summed E-state index contributed by atoms with van der Waals surface area (Å²) in [5.41, 5.74) is 1.13. The first-order valence-corrected chi connectivity index (χ1v) is 8.00.